The van der Waals surface area contributed by atoms with Crippen molar-refractivity contribution in [3.05, 3.63) is 11.3 Å². The van der Waals surface area contributed by atoms with Crippen LogP contribution in [0.3, 0.4) is 0 Å². The Hall–Kier alpha value is -0.970. The predicted molar refractivity (Wildman–Crippen MR) is 93.5 cm³/mol. The summed E-state index contributed by atoms with van der Waals surface area (Å²) < 4.78 is 0. The van der Waals surface area contributed by atoms with Gasteiger partial charge in [-0.05, 0) is 43.6 Å². The van der Waals surface area contributed by atoms with Crippen LogP contribution in [-0.4, -0.2) is 35.2 Å². The number of allylic oxidation sites excluding steroid dienone is 2. The lowest BCUT2D eigenvalue weighted by molar-refractivity contribution is -0.116. The fourth-order valence-electron chi connectivity index (χ4n) is 2.98. The van der Waals surface area contributed by atoms with Gasteiger partial charge in [0.1, 0.15) is 12.4 Å². The van der Waals surface area contributed by atoms with E-state index in [0.29, 0.717) is 43.1 Å². The second-order valence-electron chi connectivity index (χ2n) is 6.02. The van der Waals surface area contributed by atoms with Crippen LogP contribution < -0.4 is 0 Å². The van der Waals surface area contributed by atoms with Crippen LogP contribution in [0.15, 0.2) is 16.5 Å². The first kappa shape index (κ1) is 19.1. The summed E-state index contributed by atoms with van der Waals surface area (Å²) in [6.45, 7) is 6.55. The zero-order valence-electron chi connectivity index (χ0n) is 14.2. The third-order valence-electron chi connectivity index (χ3n) is 3.79. The number of ketones is 1. The molecule has 0 aliphatic heterocycles. The summed E-state index contributed by atoms with van der Waals surface area (Å²) in [5.41, 5.74) is 1.01. The maximum Gasteiger partial charge on any atom is 0.168 e. The number of hydrogen-bond acceptors (Lipinski definition) is 5. The van der Waals surface area contributed by atoms with Crippen LogP contribution >= 0.6 is 11.8 Å². The molecule has 0 aromatic heterocycles. The molecule has 5 heteroatoms. The van der Waals surface area contributed by atoms with Crippen molar-refractivity contribution in [2.45, 2.75) is 52.9 Å². The normalized spacial score (nSPS) is 21.2. The highest BCUT2D eigenvalue weighted by molar-refractivity contribution is 7.98. The van der Waals surface area contributed by atoms with Crippen molar-refractivity contribution in [3.63, 3.8) is 0 Å². The molecule has 0 aromatic carbocycles. The zero-order valence-corrected chi connectivity index (χ0v) is 15.0. The highest BCUT2D eigenvalue weighted by atomic mass is 32.2. The Labute approximate surface area is 138 Å². The van der Waals surface area contributed by atoms with E-state index in [1.54, 1.807) is 0 Å². The van der Waals surface area contributed by atoms with E-state index in [1.807, 2.05) is 25.6 Å². The first-order valence-corrected chi connectivity index (χ1v) is 9.56. The first-order chi connectivity index (χ1) is 10.5. The van der Waals surface area contributed by atoms with Gasteiger partial charge in [-0.3, -0.25) is 4.79 Å². The molecule has 22 heavy (non-hydrogen) atoms. The summed E-state index contributed by atoms with van der Waals surface area (Å²) in [5.74, 6) is 2.11. The molecule has 1 aliphatic carbocycles. The van der Waals surface area contributed by atoms with Gasteiger partial charge in [-0.1, -0.05) is 25.4 Å². The van der Waals surface area contributed by atoms with E-state index < -0.39 is 0 Å². The number of aliphatic hydroxyl groups excluding tert-OH is 1. The molecule has 0 fully saturated rings. The van der Waals surface area contributed by atoms with Gasteiger partial charge in [0.15, 0.2) is 5.78 Å². The van der Waals surface area contributed by atoms with Crippen molar-refractivity contribution in [3.8, 4) is 0 Å². The molecular formula is C17H29NO3S. The smallest absolute Gasteiger partial charge is 0.168 e. The number of rotatable bonds is 9. The fourth-order valence-corrected chi connectivity index (χ4v) is 3.69. The molecule has 0 saturated carbocycles. The zero-order chi connectivity index (χ0) is 16.5. The molecule has 4 nitrogen and oxygen atoms in total. The SMILES string of the molecule is CCC/C(=N\OCC)C1=C(O)CC(CC(C)CSC)CC1=O. The predicted octanol–water partition coefficient (Wildman–Crippen LogP) is 4.36. The molecule has 0 amide bonds. The average molecular weight is 327 g/mol. The largest absolute Gasteiger partial charge is 0.511 e. The molecule has 1 N–H and O–H groups in total. The number of thioether (sulfide) groups is 1. The molecule has 126 valence electrons. The minimum Gasteiger partial charge on any atom is -0.511 e. The summed E-state index contributed by atoms with van der Waals surface area (Å²) in [5, 5.41) is 14.4. The number of oxime groups is 1. The molecule has 0 bridgehead atoms. The molecule has 0 heterocycles. The molecule has 2 atom stereocenters. The number of nitrogens with zero attached hydrogens (tertiary/aromatic N) is 1. The van der Waals surface area contributed by atoms with Crippen LogP contribution in [-0.2, 0) is 9.63 Å². The van der Waals surface area contributed by atoms with Gasteiger partial charge in [0.05, 0.1) is 11.3 Å². The summed E-state index contributed by atoms with van der Waals surface area (Å²) in [6, 6.07) is 0. The molecule has 0 radical (unpaired) electrons. The lowest BCUT2D eigenvalue weighted by Gasteiger charge is -2.26. The number of Topliss-reactive ketones (excluding diaryl/α,β-unsaturated/α-hetero) is 1. The van der Waals surface area contributed by atoms with Gasteiger partial charge in [-0.25, -0.2) is 0 Å². The summed E-state index contributed by atoms with van der Waals surface area (Å²) >= 11 is 1.83. The molecule has 1 aliphatic rings. The van der Waals surface area contributed by atoms with Gasteiger partial charge in [-0.15, -0.1) is 0 Å². The Bertz CT molecular complexity index is 432. The maximum atomic E-state index is 12.5. The monoisotopic (exact) mass is 327 g/mol. The lowest BCUT2D eigenvalue weighted by atomic mass is 9.80. The van der Waals surface area contributed by atoms with Gasteiger partial charge in [-0.2, -0.15) is 11.8 Å². The average Bonchev–Trinajstić information content (AvgIpc) is 2.44. The van der Waals surface area contributed by atoms with Crippen molar-refractivity contribution in [2.24, 2.45) is 17.0 Å². The second kappa shape index (κ2) is 9.93. The Morgan fingerprint density at radius 1 is 1.45 bits per heavy atom. The third kappa shape index (κ3) is 5.67. The minimum atomic E-state index is 0.0111. The topological polar surface area (TPSA) is 58.9 Å². The van der Waals surface area contributed by atoms with E-state index in [1.165, 1.54) is 0 Å². The van der Waals surface area contributed by atoms with Gasteiger partial charge in [0, 0.05) is 12.8 Å². The van der Waals surface area contributed by atoms with Crippen LogP contribution in [0.25, 0.3) is 0 Å². The van der Waals surface area contributed by atoms with Crippen LogP contribution in [0, 0.1) is 11.8 Å². The molecule has 1 rings (SSSR count). The van der Waals surface area contributed by atoms with Crippen molar-refractivity contribution >= 4 is 23.3 Å². The van der Waals surface area contributed by atoms with E-state index in [-0.39, 0.29) is 17.5 Å². The second-order valence-corrected chi connectivity index (χ2v) is 6.93. The van der Waals surface area contributed by atoms with Gasteiger partial charge >= 0.3 is 0 Å². The Balaban J connectivity index is 2.85. The van der Waals surface area contributed by atoms with E-state index in [0.717, 1.165) is 18.6 Å². The van der Waals surface area contributed by atoms with Crippen molar-refractivity contribution in [1.29, 1.82) is 0 Å². The molecule has 0 saturated heterocycles. The maximum absolute atomic E-state index is 12.5. The lowest BCUT2D eigenvalue weighted by Crippen LogP contribution is -2.26. The quantitative estimate of drug-likeness (QED) is 0.505. The standard InChI is InChI=1S/C17H29NO3S/c1-5-7-14(18-21-6-2)17-15(19)9-13(10-16(17)20)8-12(3)11-22-4/h12-13,19H,5-11H2,1-4H3/b18-14+. The van der Waals surface area contributed by atoms with E-state index >= 15 is 0 Å². The van der Waals surface area contributed by atoms with E-state index in [4.69, 9.17) is 4.84 Å². The van der Waals surface area contributed by atoms with E-state index in [2.05, 4.69) is 18.3 Å². The molecule has 0 spiro atoms. The fraction of sp³-hybridized carbons (Fsp3) is 0.765. The Morgan fingerprint density at radius 2 is 2.18 bits per heavy atom. The van der Waals surface area contributed by atoms with Crippen molar-refractivity contribution in [2.75, 3.05) is 18.6 Å². The Morgan fingerprint density at radius 3 is 2.73 bits per heavy atom. The summed E-state index contributed by atoms with van der Waals surface area (Å²) in [4.78, 5) is 17.6. The van der Waals surface area contributed by atoms with Crippen LogP contribution in [0.4, 0.5) is 0 Å². The first-order valence-electron chi connectivity index (χ1n) is 8.16. The number of aliphatic hydroxyl groups is 1. The Kier molecular flexibility index (Phi) is 8.61. The van der Waals surface area contributed by atoms with Crippen molar-refractivity contribution < 1.29 is 14.7 Å². The van der Waals surface area contributed by atoms with Gasteiger partial charge in [0.25, 0.3) is 0 Å². The van der Waals surface area contributed by atoms with Crippen LogP contribution in [0.2, 0.25) is 0 Å². The highest BCUT2D eigenvalue weighted by Gasteiger charge is 2.31. The number of carbonyl (C=O) groups is 1. The van der Waals surface area contributed by atoms with E-state index in [9.17, 15) is 9.90 Å². The number of hydrogen-bond donors (Lipinski definition) is 1. The molecule has 0 aromatic rings. The molecule has 2 unspecified atom stereocenters. The van der Waals surface area contributed by atoms with Crippen LogP contribution in [0.5, 0.6) is 0 Å². The van der Waals surface area contributed by atoms with Gasteiger partial charge in [0.2, 0.25) is 0 Å². The minimum absolute atomic E-state index is 0.0111. The molecular weight excluding hydrogens is 298 g/mol. The van der Waals surface area contributed by atoms with Gasteiger partial charge < -0.3 is 9.94 Å². The summed E-state index contributed by atoms with van der Waals surface area (Å²) in [6.07, 6.45) is 5.68. The number of carbonyl (C=O) groups excluding carboxylic acids is 1. The summed E-state index contributed by atoms with van der Waals surface area (Å²) in [7, 11) is 0. The third-order valence-corrected chi connectivity index (χ3v) is 4.69. The highest BCUT2D eigenvalue weighted by Crippen LogP contribution is 2.32. The van der Waals surface area contributed by atoms with Crippen LogP contribution in [0.1, 0.15) is 52.9 Å². The van der Waals surface area contributed by atoms with Crippen molar-refractivity contribution in [1.82, 2.24) is 0 Å².